The summed E-state index contributed by atoms with van der Waals surface area (Å²) in [5, 5.41) is 13.8. The Hall–Kier alpha value is -3.35. The standard InChI is InChI=1S/C50H64O2P2Si4/c1-51-45-17-15-19-47(53(37-21-29-41(30-22-37)55(3,4)5)38-23-31-42(32-24-38)56(6,7)8)49(45)50-46(52-2)18-16-20-48(50)54(39-25-33-43(34-26-39)57(9,10)11)40-27-35-44(36-28-40)58(12,13)14/h15-36H,1-14H3. The molecular formula is C50H64O2P2Si4. The topological polar surface area (TPSA) is 18.5 Å². The van der Waals surface area contributed by atoms with Crippen molar-refractivity contribution in [3.63, 3.8) is 0 Å². The van der Waals surface area contributed by atoms with Gasteiger partial charge in [0.05, 0.1) is 46.5 Å². The largest absolute Gasteiger partial charge is 0.496 e. The van der Waals surface area contributed by atoms with Crippen molar-refractivity contribution in [1.29, 1.82) is 0 Å². The van der Waals surface area contributed by atoms with E-state index in [1.807, 2.05) is 14.2 Å². The van der Waals surface area contributed by atoms with Gasteiger partial charge in [0, 0.05) is 11.1 Å². The van der Waals surface area contributed by atoms with Gasteiger partial charge < -0.3 is 9.47 Å². The van der Waals surface area contributed by atoms with Gasteiger partial charge in [-0.05, 0) is 59.8 Å². The highest BCUT2D eigenvalue weighted by atomic mass is 31.1. The van der Waals surface area contributed by atoms with E-state index in [1.165, 1.54) is 52.6 Å². The molecule has 0 saturated heterocycles. The predicted octanol–water partition coefficient (Wildman–Crippen LogP) is 9.07. The normalized spacial score (nSPS) is 12.6. The zero-order chi connectivity index (χ0) is 42.2. The molecule has 58 heavy (non-hydrogen) atoms. The molecule has 0 fully saturated rings. The summed E-state index contributed by atoms with van der Waals surface area (Å²) in [6.07, 6.45) is 0. The molecule has 0 radical (unpaired) electrons. The van der Waals surface area contributed by atoms with Crippen LogP contribution in [0.25, 0.3) is 11.1 Å². The molecule has 0 unspecified atom stereocenters. The minimum atomic E-state index is -1.50. The van der Waals surface area contributed by atoms with Crippen LogP contribution in [0.3, 0.4) is 0 Å². The first kappa shape index (κ1) is 44.2. The van der Waals surface area contributed by atoms with Crippen LogP contribution in [0.15, 0.2) is 133 Å². The van der Waals surface area contributed by atoms with Crippen molar-refractivity contribution >= 4 is 101 Å². The minimum Gasteiger partial charge on any atom is -0.496 e. The highest BCUT2D eigenvalue weighted by Gasteiger charge is 2.31. The van der Waals surface area contributed by atoms with Gasteiger partial charge in [0.1, 0.15) is 11.5 Å². The second-order valence-electron chi connectivity index (χ2n) is 19.6. The number of methoxy groups -OCH3 is 2. The number of hydrogen-bond acceptors (Lipinski definition) is 2. The van der Waals surface area contributed by atoms with Gasteiger partial charge in [0.2, 0.25) is 0 Å². The van der Waals surface area contributed by atoms with Gasteiger partial charge in [-0.3, -0.25) is 0 Å². The van der Waals surface area contributed by atoms with Crippen LogP contribution in [0.1, 0.15) is 0 Å². The smallest absolute Gasteiger partial charge is 0.127 e. The third-order valence-corrected chi connectivity index (χ3v) is 24.4. The van der Waals surface area contributed by atoms with Crippen molar-refractivity contribution in [3.05, 3.63) is 133 Å². The molecule has 6 rings (SSSR count). The van der Waals surface area contributed by atoms with E-state index >= 15 is 0 Å². The minimum absolute atomic E-state index is 0.867. The summed E-state index contributed by atoms with van der Waals surface area (Å²) < 4.78 is 12.8. The molecule has 0 amide bonds. The number of ether oxygens (including phenoxy) is 2. The van der Waals surface area contributed by atoms with E-state index < -0.39 is 48.1 Å². The van der Waals surface area contributed by atoms with E-state index in [-0.39, 0.29) is 0 Å². The van der Waals surface area contributed by atoms with E-state index in [2.05, 4.69) is 212 Å². The summed E-state index contributed by atoms with van der Waals surface area (Å²) in [5.74, 6) is 1.73. The van der Waals surface area contributed by atoms with Gasteiger partial charge in [0.15, 0.2) is 0 Å². The second-order valence-corrected chi connectivity index (χ2v) is 44.2. The second kappa shape index (κ2) is 17.3. The van der Waals surface area contributed by atoms with Crippen LogP contribution in [0.5, 0.6) is 11.5 Å². The molecule has 0 aromatic heterocycles. The van der Waals surface area contributed by atoms with Crippen LogP contribution in [-0.2, 0) is 0 Å². The first-order chi connectivity index (χ1) is 27.2. The molecule has 0 aliphatic carbocycles. The van der Waals surface area contributed by atoms with Crippen LogP contribution in [0, 0.1) is 0 Å². The molecule has 0 aliphatic rings. The van der Waals surface area contributed by atoms with Crippen molar-refractivity contribution in [2.45, 2.75) is 78.6 Å². The molecule has 0 atom stereocenters. The average molecular weight is 871 g/mol. The summed E-state index contributed by atoms with van der Waals surface area (Å²) in [6, 6.07) is 51.8. The van der Waals surface area contributed by atoms with Crippen molar-refractivity contribution in [2.24, 2.45) is 0 Å². The van der Waals surface area contributed by atoms with Gasteiger partial charge in [-0.1, -0.05) is 221 Å². The Kier molecular flexibility index (Phi) is 13.2. The third kappa shape index (κ3) is 9.65. The maximum Gasteiger partial charge on any atom is 0.127 e. The van der Waals surface area contributed by atoms with E-state index in [4.69, 9.17) is 9.47 Å². The Balaban J connectivity index is 1.67. The molecule has 0 bridgehead atoms. The molecule has 8 heteroatoms. The molecule has 0 heterocycles. The molecule has 0 aliphatic heterocycles. The predicted molar refractivity (Wildman–Crippen MR) is 274 cm³/mol. The summed E-state index contributed by atoms with van der Waals surface area (Å²) in [6.45, 7) is 29.2. The van der Waals surface area contributed by atoms with Crippen molar-refractivity contribution in [3.8, 4) is 22.6 Å². The molecule has 6 aromatic rings. The first-order valence-corrected chi connectivity index (χ1v) is 37.3. The number of rotatable bonds is 13. The van der Waals surface area contributed by atoms with Gasteiger partial charge in [-0.25, -0.2) is 0 Å². The van der Waals surface area contributed by atoms with Crippen LogP contribution in [-0.4, -0.2) is 46.5 Å². The fourth-order valence-electron chi connectivity index (χ4n) is 7.55. The maximum atomic E-state index is 6.42. The zero-order valence-electron chi connectivity index (χ0n) is 37.4. The lowest BCUT2D eigenvalue weighted by Gasteiger charge is -2.29. The van der Waals surface area contributed by atoms with Crippen molar-refractivity contribution in [1.82, 2.24) is 0 Å². The highest BCUT2D eigenvalue weighted by molar-refractivity contribution is 7.80. The Bertz CT molecular complexity index is 2050. The van der Waals surface area contributed by atoms with E-state index in [9.17, 15) is 0 Å². The maximum absolute atomic E-state index is 6.42. The van der Waals surface area contributed by atoms with Gasteiger partial charge in [0.25, 0.3) is 0 Å². The lowest BCUT2D eigenvalue weighted by atomic mass is 10.0. The summed E-state index contributed by atoms with van der Waals surface area (Å²) >= 11 is 0. The van der Waals surface area contributed by atoms with Crippen LogP contribution in [0.2, 0.25) is 78.6 Å². The first-order valence-electron chi connectivity index (χ1n) is 20.6. The lowest BCUT2D eigenvalue weighted by Crippen LogP contribution is -2.39. The molecule has 0 N–H and O–H groups in total. The summed E-state index contributed by atoms with van der Waals surface area (Å²) in [7, 11) is -4.34. The van der Waals surface area contributed by atoms with Crippen LogP contribution < -0.4 is 62.0 Å². The fourth-order valence-corrected chi connectivity index (χ4v) is 17.1. The summed E-state index contributed by atoms with van der Waals surface area (Å²) in [4.78, 5) is 0. The quantitative estimate of drug-likeness (QED) is 0.0853. The number of benzene rings is 6. The number of hydrogen-bond donors (Lipinski definition) is 0. The van der Waals surface area contributed by atoms with Crippen molar-refractivity contribution in [2.75, 3.05) is 14.2 Å². The van der Waals surface area contributed by atoms with Crippen molar-refractivity contribution < 1.29 is 9.47 Å². The molecule has 0 saturated carbocycles. The van der Waals surface area contributed by atoms with Gasteiger partial charge in [-0.15, -0.1) is 0 Å². The van der Waals surface area contributed by atoms with Crippen LogP contribution >= 0.6 is 15.8 Å². The Morgan fingerprint density at radius 3 is 0.724 bits per heavy atom. The summed E-state index contributed by atoms with van der Waals surface area (Å²) in [5.41, 5.74) is 2.24. The van der Waals surface area contributed by atoms with E-state index in [0.29, 0.717) is 0 Å². The molecule has 2 nitrogen and oxygen atoms in total. The molecular weight excluding hydrogens is 807 g/mol. The Morgan fingerprint density at radius 1 is 0.310 bits per heavy atom. The van der Waals surface area contributed by atoms with E-state index in [1.54, 1.807) is 0 Å². The highest BCUT2D eigenvalue weighted by Crippen LogP contribution is 2.47. The average Bonchev–Trinajstić information content (AvgIpc) is 3.17. The molecule has 6 aromatic carbocycles. The zero-order valence-corrected chi connectivity index (χ0v) is 43.2. The van der Waals surface area contributed by atoms with Crippen LogP contribution in [0.4, 0.5) is 0 Å². The third-order valence-electron chi connectivity index (χ3n) is 11.1. The van der Waals surface area contributed by atoms with E-state index in [0.717, 1.165) is 22.6 Å². The molecule has 0 spiro atoms. The SMILES string of the molecule is COc1cccc(P(c2ccc([Si](C)(C)C)cc2)c2ccc([Si](C)(C)C)cc2)c1-c1c(OC)cccc1P(c1ccc([Si](C)(C)C)cc1)c1ccc([Si](C)(C)C)cc1. The fraction of sp³-hybridized carbons (Fsp3) is 0.280. The Labute approximate surface area is 357 Å². The van der Waals surface area contributed by atoms with Gasteiger partial charge >= 0.3 is 0 Å². The molecule has 302 valence electrons. The van der Waals surface area contributed by atoms with Gasteiger partial charge in [-0.2, -0.15) is 0 Å². The monoisotopic (exact) mass is 870 g/mol. The Morgan fingerprint density at radius 2 is 0.534 bits per heavy atom. The lowest BCUT2D eigenvalue weighted by molar-refractivity contribution is 0.411.